The lowest BCUT2D eigenvalue weighted by atomic mass is 9.99. The zero-order valence-electron chi connectivity index (χ0n) is 10.1. The highest BCUT2D eigenvalue weighted by molar-refractivity contribution is 5.39. The minimum atomic E-state index is 0.147. The van der Waals surface area contributed by atoms with E-state index in [0.717, 1.165) is 23.8 Å². The van der Waals surface area contributed by atoms with Gasteiger partial charge in [-0.2, -0.15) is 0 Å². The number of benzene rings is 1. The normalized spacial score (nSPS) is 17.2. The van der Waals surface area contributed by atoms with Crippen LogP contribution in [0.1, 0.15) is 36.8 Å². The van der Waals surface area contributed by atoms with Crippen molar-refractivity contribution in [2.45, 2.75) is 32.6 Å². The molecule has 1 aromatic carbocycles. The monoisotopic (exact) mass is 220 g/mol. The van der Waals surface area contributed by atoms with Crippen LogP contribution in [0.5, 0.6) is 5.75 Å². The predicted octanol–water partition coefficient (Wildman–Crippen LogP) is 2.88. The number of hydrogen-bond donors (Lipinski definition) is 1. The summed E-state index contributed by atoms with van der Waals surface area (Å²) in [5, 5.41) is 9.24. The van der Waals surface area contributed by atoms with Gasteiger partial charge in [0, 0.05) is 12.5 Å². The molecule has 1 unspecified atom stereocenters. The zero-order chi connectivity index (χ0) is 11.5. The van der Waals surface area contributed by atoms with Crippen LogP contribution in [0.3, 0.4) is 0 Å². The fraction of sp³-hybridized carbons (Fsp3) is 0.571. The SMILES string of the molecule is Cc1ccc(OCC2CC2)c(C(C)CO)c1. The minimum Gasteiger partial charge on any atom is -0.493 e. The molecule has 0 heterocycles. The van der Waals surface area contributed by atoms with Crippen molar-refractivity contribution < 1.29 is 9.84 Å². The predicted molar refractivity (Wildman–Crippen MR) is 64.9 cm³/mol. The van der Waals surface area contributed by atoms with Gasteiger partial charge in [-0.25, -0.2) is 0 Å². The lowest BCUT2D eigenvalue weighted by Crippen LogP contribution is -2.06. The van der Waals surface area contributed by atoms with Crippen LogP contribution in [-0.4, -0.2) is 18.3 Å². The first-order chi connectivity index (χ1) is 7.70. The van der Waals surface area contributed by atoms with Gasteiger partial charge in [0.25, 0.3) is 0 Å². The lowest BCUT2D eigenvalue weighted by Gasteiger charge is -2.16. The van der Waals surface area contributed by atoms with Gasteiger partial charge in [0.1, 0.15) is 5.75 Å². The highest BCUT2D eigenvalue weighted by Crippen LogP contribution is 2.32. The molecule has 1 saturated carbocycles. The van der Waals surface area contributed by atoms with Gasteiger partial charge >= 0.3 is 0 Å². The quantitative estimate of drug-likeness (QED) is 0.826. The van der Waals surface area contributed by atoms with E-state index < -0.39 is 0 Å². The van der Waals surface area contributed by atoms with Crippen molar-refractivity contribution >= 4 is 0 Å². The molecule has 88 valence electrons. The first-order valence-corrected chi connectivity index (χ1v) is 6.05. The van der Waals surface area contributed by atoms with Crippen LogP contribution in [0.15, 0.2) is 18.2 Å². The van der Waals surface area contributed by atoms with E-state index in [4.69, 9.17) is 4.74 Å². The van der Waals surface area contributed by atoms with Crippen molar-refractivity contribution in [2.75, 3.05) is 13.2 Å². The van der Waals surface area contributed by atoms with E-state index in [0.29, 0.717) is 0 Å². The summed E-state index contributed by atoms with van der Waals surface area (Å²) in [4.78, 5) is 0. The van der Waals surface area contributed by atoms with Crippen LogP contribution in [0, 0.1) is 12.8 Å². The van der Waals surface area contributed by atoms with E-state index >= 15 is 0 Å². The molecule has 0 aromatic heterocycles. The summed E-state index contributed by atoms with van der Waals surface area (Å²) in [5.41, 5.74) is 2.34. The molecule has 1 N–H and O–H groups in total. The Morgan fingerprint density at radius 1 is 1.44 bits per heavy atom. The van der Waals surface area contributed by atoms with E-state index in [1.165, 1.54) is 18.4 Å². The second kappa shape index (κ2) is 4.88. The second-order valence-electron chi connectivity index (χ2n) is 4.88. The third kappa shape index (κ3) is 2.76. The fourth-order valence-electron chi connectivity index (χ4n) is 1.77. The summed E-state index contributed by atoms with van der Waals surface area (Å²) in [6.45, 7) is 5.09. The Hall–Kier alpha value is -1.02. The molecule has 0 spiro atoms. The molecule has 1 fully saturated rings. The molecule has 16 heavy (non-hydrogen) atoms. The van der Waals surface area contributed by atoms with E-state index in [1.54, 1.807) is 0 Å². The van der Waals surface area contributed by atoms with Gasteiger partial charge in [-0.15, -0.1) is 0 Å². The number of aryl methyl sites for hydroxylation is 1. The summed E-state index contributed by atoms with van der Waals surface area (Å²) in [6, 6.07) is 6.21. The maximum absolute atomic E-state index is 9.24. The zero-order valence-corrected chi connectivity index (χ0v) is 10.1. The van der Waals surface area contributed by atoms with Crippen molar-refractivity contribution in [3.8, 4) is 5.75 Å². The van der Waals surface area contributed by atoms with E-state index in [1.807, 2.05) is 13.0 Å². The van der Waals surface area contributed by atoms with Crippen LogP contribution in [0.2, 0.25) is 0 Å². The van der Waals surface area contributed by atoms with E-state index in [2.05, 4.69) is 19.1 Å². The summed E-state index contributed by atoms with van der Waals surface area (Å²) < 4.78 is 5.83. The number of ether oxygens (including phenoxy) is 1. The van der Waals surface area contributed by atoms with Crippen LogP contribution < -0.4 is 4.74 Å². The molecule has 1 atom stereocenters. The van der Waals surface area contributed by atoms with Crippen molar-refractivity contribution in [1.29, 1.82) is 0 Å². The van der Waals surface area contributed by atoms with Gasteiger partial charge in [-0.3, -0.25) is 0 Å². The fourth-order valence-corrected chi connectivity index (χ4v) is 1.77. The van der Waals surface area contributed by atoms with E-state index in [-0.39, 0.29) is 12.5 Å². The summed E-state index contributed by atoms with van der Waals surface area (Å²) >= 11 is 0. The molecule has 0 saturated heterocycles. The number of hydrogen-bond acceptors (Lipinski definition) is 2. The number of aliphatic hydroxyl groups is 1. The molecule has 2 heteroatoms. The van der Waals surface area contributed by atoms with Crippen molar-refractivity contribution in [3.63, 3.8) is 0 Å². The molecular weight excluding hydrogens is 200 g/mol. The van der Waals surface area contributed by atoms with Gasteiger partial charge in [-0.05, 0) is 37.3 Å². The topological polar surface area (TPSA) is 29.5 Å². The van der Waals surface area contributed by atoms with Crippen LogP contribution in [0.4, 0.5) is 0 Å². The van der Waals surface area contributed by atoms with Gasteiger partial charge in [0.15, 0.2) is 0 Å². The number of rotatable bonds is 5. The maximum atomic E-state index is 9.24. The molecule has 0 bridgehead atoms. The Bertz CT molecular complexity index is 356. The van der Waals surface area contributed by atoms with Crippen molar-refractivity contribution in [1.82, 2.24) is 0 Å². The Labute approximate surface area is 97.3 Å². The minimum absolute atomic E-state index is 0.147. The van der Waals surface area contributed by atoms with Crippen molar-refractivity contribution in [2.24, 2.45) is 5.92 Å². The first-order valence-electron chi connectivity index (χ1n) is 6.05. The number of aliphatic hydroxyl groups excluding tert-OH is 1. The van der Waals surface area contributed by atoms with Crippen molar-refractivity contribution in [3.05, 3.63) is 29.3 Å². The van der Waals surface area contributed by atoms with Gasteiger partial charge in [0.05, 0.1) is 6.61 Å². The molecule has 0 amide bonds. The van der Waals surface area contributed by atoms with Crippen LogP contribution in [-0.2, 0) is 0 Å². The van der Waals surface area contributed by atoms with Crippen LogP contribution >= 0.6 is 0 Å². The summed E-state index contributed by atoms with van der Waals surface area (Å²) in [6.07, 6.45) is 2.60. The smallest absolute Gasteiger partial charge is 0.122 e. The lowest BCUT2D eigenvalue weighted by molar-refractivity contribution is 0.261. The molecule has 1 aromatic rings. The molecular formula is C14H20O2. The Morgan fingerprint density at radius 2 is 2.19 bits per heavy atom. The van der Waals surface area contributed by atoms with Gasteiger partial charge in [0.2, 0.25) is 0 Å². The Morgan fingerprint density at radius 3 is 2.81 bits per heavy atom. The van der Waals surface area contributed by atoms with Gasteiger partial charge in [-0.1, -0.05) is 24.6 Å². The Kier molecular flexibility index (Phi) is 3.49. The third-order valence-electron chi connectivity index (χ3n) is 3.14. The largest absolute Gasteiger partial charge is 0.493 e. The molecule has 1 aliphatic rings. The average Bonchev–Trinajstić information content (AvgIpc) is 3.10. The maximum Gasteiger partial charge on any atom is 0.122 e. The highest BCUT2D eigenvalue weighted by Gasteiger charge is 2.22. The molecule has 2 rings (SSSR count). The molecule has 0 radical (unpaired) electrons. The molecule has 0 aliphatic heterocycles. The average molecular weight is 220 g/mol. The third-order valence-corrected chi connectivity index (χ3v) is 3.14. The van der Waals surface area contributed by atoms with E-state index in [9.17, 15) is 5.11 Å². The van der Waals surface area contributed by atoms with Gasteiger partial charge < -0.3 is 9.84 Å². The van der Waals surface area contributed by atoms with Crippen LogP contribution in [0.25, 0.3) is 0 Å². The molecule has 2 nitrogen and oxygen atoms in total. The second-order valence-corrected chi connectivity index (χ2v) is 4.88. The standard InChI is InChI=1S/C14H20O2/c1-10-3-6-14(16-9-12-4-5-12)13(7-10)11(2)8-15/h3,6-7,11-12,15H,4-5,8-9H2,1-2H3. The highest BCUT2D eigenvalue weighted by atomic mass is 16.5. The Balaban J connectivity index is 2.13. The summed E-state index contributed by atoms with van der Waals surface area (Å²) in [7, 11) is 0. The first kappa shape index (κ1) is 11.5. The summed E-state index contributed by atoms with van der Waals surface area (Å²) in [5.74, 6) is 1.85. The molecule has 1 aliphatic carbocycles.